The Kier molecular flexibility index (Phi) is 4.61. The first-order valence-electron chi connectivity index (χ1n) is 6.61. The average Bonchev–Trinajstić information content (AvgIpc) is 2.97. The van der Waals surface area contributed by atoms with Crippen LogP contribution in [-0.2, 0) is 0 Å². The van der Waals surface area contributed by atoms with Gasteiger partial charge in [-0.15, -0.1) is 11.3 Å². The predicted octanol–water partition coefficient (Wildman–Crippen LogP) is 3.22. The lowest BCUT2D eigenvalue weighted by Gasteiger charge is -2.13. The molecule has 0 radical (unpaired) electrons. The number of rotatable bonds is 3. The molecule has 0 aliphatic rings. The highest BCUT2D eigenvalue weighted by molar-refractivity contribution is 7.10. The number of nitrogens with zero attached hydrogens (tertiary/aromatic N) is 3. The maximum atomic E-state index is 8.97. The van der Waals surface area contributed by atoms with Crippen LogP contribution in [0.15, 0.2) is 40.7 Å². The first kappa shape index (κ1) is 15.1. The van der Waals surface area contributed by atoms with Crippen molar-refractivity contribution < 1.29 is 0 Å². The van der Waals surface area contributed by atoms with Crippen LogP contribution in [0.5, 0.6) is 0 Å². The first-order chi connectivity index (χ1) is 10.0. The lowest BCUT2D eigenvalue weighted by Crippen LogP contribution is -2.30. The molecule has 108 valence electrons. The zero-order valence-corrected chi connectivity index (χ0v) is 13.2. The van der Waals surface area contributed by atoms with Crippen molar-refractivity contribution >= 4 is 17.3 Å². The number of guanidine groups is 1. The van der Waals surface area contributed by atoms with E-state index < -0.39 is 0 Å². The summed E-state index contributed by atoms with van der Waals surface area (Å²) in [6, 6.07) is 11.9. The van der Waals surface area contributed by atoms with Crippen molar-refractivity contribution in [1.82, 2.24) is 4.90 Å². The van der Waals surface area contributed by atoms with E-state index in [4.69, 9.17) is 11.0 Å². The van der Waals surface area contributed by atoms with Gasteiger partial charge >= 0.3 is 0 Å². The van der Waals surface area contributed by atoms with Gasteiger partial charge in [-0.3, -0.25) is 0 Å². The molecule has 0 spiro atoms. The molecule has 1 aromatic heterocycles. The van der Waals surface area contributed by atoms with Gasteiger partial charge in [0.2, 0.25) is 0 Å². The third-order valence-electron chi connectivity index (χ3n) is 3.14. The van der Waals surface area contributed by atoms with Crippen LogP contribution < -0.4 is 5.73 Å². The van der Waals surface area contributed by atoms with Crippen molar-refractivity contribution in [2.45, 2.75) is 13.0 Å². The Hall–Kier alpha value is -2.32. The number of benzene rings is 1. The van der Waals surface area contributed by atoms with Crippen LogP contribution in [0.2, 0.25) is 0 Å². The van der Waals surface area contributed by atoms with Crippen LogP contribution in [0.3, 0.4) is 0 Å². The Morgan fingerprint density at radius 2 is 2.10 bits per heavy atom. The van der Waals surface area contributed by atoms with Crippen LogP contribution in [-0.4, -0.2) is 25.0 Å². The quantitative estimate of drug-likeness (QED) is 0.699. The molecule has 0 aliphatic carbocycles. The second-order valence-corrected chi connectivity index (χ2v) is 5.93. The molecule has 4 nitrogen and oxygen atoms in total. The Labute approximate surface area is 129 Å². The van der Waals surface area contributed by atoms with E-state index in [1.165, 1.54) is 0 Å². The number of hydrogen-bond donors (Lipinski definition) is 1. The van der Waals surface area contributed by atoms with Crippen molar-refractivity contribution in [2.24, 2.45) is 10.7 Å². The molecule has 1 atom stereocenters. The minimum absolute atomic E-state index is 0.0188. The molecule has 2 rings (SSSR count). The number of nitriles is 1. The fraction of sp³-hybridized carbons (Fsp3) is 0.250. The molecule has 0 bridgehead atoms. The van der Waals surface area contributed by atoms with Crippen LogP contribution in [0.4, 0.5) is 0 Å². The monoisotopic (exact) mass is 298 g/mol. The Bertz CT molecular complexity index is 694. The van der Waals surface area contributed by atoms with Gasteiger partial charge in [-0.25, -0.2) is 4.99 Å². The Morgan fingerprint density at radius 3 is 2.76 bits per heavy atom. The SMILES string of the molecule is CC(N=C(N)N(C)C)c1cc(-c2cccc(C#N)c2)cs1. The molecular weight excluding hydrogens is 280 g/mol. The first-order valence-corrected chi connectivity index (χ1v) is 7.49. The van der Waals surface area contributed by atoms with E-state index in [-0.39, 0.29) is 6.04 Å². The van der Waals surface area contributed by atoms with E-state index in [2.05, 4.69) is 22.5 Å². The van der Waals surface area contributed by atoms with Gasteiger partial charge in [-0.1, -0.05) is 12.1 Å². The third-order valence-corrected chi connectivity index (χ3v) is 4.24. The van der Waals surface area contributed by atoms with Gasteiger partial charge in [-0.2, -0.15) is 5.26 Å². The minimum Gasteiger partial charge on any atom is -0.370 e. The third kappa shape index (κ3) is 3.61. The molecule has 0 aliphatic heterocycles. The lowest BCUT2D eigenvalue weighted by molar-refractivity contribution is 0.602. The summed E-state index contributed by atoms with van der Waals surface area (Å²) >= 11 is 1.66. The Morgan fingerprint density at radius 1 is 1.33 bits per heavy atom. The van der Waals surface area contributed by atoms with Crippen LogP contribution in [0, 0.1) is 11.3 Å². The smallest absolute Gasteiger partial charge is 0.191 e. The van der Waals surface area contributed by atoms with Crippen molar-refractivity contribution in [3.63, 3.8) is 0 Å². The summed E-state index contributed by atoms with van der Waals surface area (Å²) in [6.07, 6.45) is 0. The number of thiophene rings is 1. The van der Waals surface area contributed by atoms with Gasteiger partial charge in [0.1, 0.15) is 0 Å². The number of nitrogens with two attached hydrogens (primary N) is 1. The van der Waals surface area contributed by atoms with Crippen LogP contribution in [0.25, 0.3) is 11.1 Å². The molecule has 0 saturated carbocycles. The van der Waals surface area contributed by atoms with Crippen molar-refractivity contribution in [3.8, 4) is 17.2 Å². The van der Waals surface area contributed by atoms with Crippen molar-refractivity contribution in [1.29, 1.82) is 5.26 Å². The highest BCUT2D eigenvalue weighted by Gasteiger charge is 2.10. The molecule has 1 unspecified atom stereocenters. The number of aliphatic imine (C=N–C) groups is 1. The fourth-order valence-corrected chi connectivity index (χ4v) is 2.78. The van der Waals surface area contributed by atoms with Gasteiger partial charge in [0.05, 0.1) is 17.7 Å². The predicted molar refractivity (Wildman–Crippen MR) is 88.2 cm³/mol. The zero-order chi connectivity index (χ0) is 15.4. The minimum atomic E-state index is 0.0188. The van der Waals surface area contributed by atoms with Gasteiger partial charge in [-0.05, 0) is 41.6 Å². The number of hydrogen-bond acceptors (Lipinski definition) is 3. The summed E-state index contributed by atoms with van der Waals surface area (Å²) in [5, 5.41) is 11.1. The zero-order valence-electron chi connectivity index (χ0n) is 12.4. The van der Waals surface area contributed by atoms with Gasteiger partial charge in [0, 0.05) is 19.0 Å². The second-order valence-electron chi connectivity index (χ2n) is 4.99. The van der Waals surface area contributed by atoms with E-state index in [1.807, 2.05) is 45.3 Å². The molecule has 5 heteroatoms. The maximum Gasteiger partial charge on any atom is 0.191 e. The highest BCUT2D eigenvalue weighted by Crippen LogP contribution is 2.31. The summed E-state index contributed by atoms with van der Waals surface area (Å²) in [5.41, 5.74) is 8.68. The van der Waals surface area contributed by atoms with E-state index in [0.717, 1.165) is 16.0 Å². The normalized spacial score (nSPS) is 12.8. The average molecular weight is 298 g/mol. The van der Waals surface area contributed by atoms with Gasteiger partial charge in [0.25, 0.3) is 0 Å². The fourth-order valence-electron chi connectivity index (χ4n) is 1.87. The molecule has 2 N–H and O–H groups in total. The summed E-state index contributed by atoms with van der Waals surface area (Å²) < 4.78 is 0. The lowest BCUT2D eigenvalue weighted by atomic mass is 10.1. The van der Waals surface area contributed by atoms with Crippen LogP contribution >= 0.6 is 11.3 Å². The molecule has 2 aromatic rings. The standard InChI is InChI=1S/C16H18N4S/c1-11(19-16(18)20(2)3)15-8-14(10-21-15)13-6-4-5-12(7-13)9-17/h4-8,10-11H,1-3H3,(H2,18,19). The van der Waals surface area contributed by atoms with Gasteiger partial charge < -0.3 is 10.6 Å². The second kappa shape index (κ2) is 6.42. The molecule has 0 fully saturated rings. The van der Waals surface area contributed by atoms with E-state index in [1.54, 1.807) is 16.2 Å². The molecular formula is C16H18N4S. The van der Waals surface area contributed by atoms with E-state index >= 15 is 0 Å². The molecule has 0 amide bonds. The maximum absolute atomic E-state index is 8.97. The van der Waals surface area contributed by atoms with Gasteiger partial charge in [0.15, 0.2) is 5.96 Å². The van der Waals surface area contributed by atoms with E-state index in [9.17, 15) is 0 Å². The molecule has 0 saturated heterocycles. The molecule has 1 aromatic carbocycles. The summed E-state index contributed by atoms with van der Waals surface area (Å²) in [6.45, 7) is 2.03. The summed E-state index contributed by atoms with van der Waals surface area (Å²) in [5.74, 6) is 0.518. The topological polar surface area (TPSA) is 65.4 Å². The van der Waals surface area contributed by atoms with Crippen molar-refractivity contribution in [2.75, 3.05) is 14.1 Å². The van der Waals surface area contributed by atoms with Crippen LogP contribution in [0.1, 0.15) is 23.4 Å². The summed E-state index contributed by atoms with van der Waals surface area (Å²) in [7, 11) is 3.75. The highest BCUT2D eigenvalue weighted by atomic mass is 32.1. The summed E-state index contributed by atoms with van der Waals surface area (Å²) in [4.78, 5) is 7.41. The molecule has 21 heavy (non-hydrogen) atoms. The van der Waals surface area contributed by atoms with Crippen molar-refractivity contribution in [3.05, 3.63) is 46.2 Å². The molecule has 1 heterocycles. The largest absolute Gasteiger partial charge is 0.370 e. The Balaban J connectivity index is 2.26. The van der Waals surface area contributed by atoms with E-state index in [0.29, 0.717) is 11.5 Å².